The molecule has 0 aromatic heterocycles. The Morgan fingerprint density at radius 2 is 2.06 bits per heavy atom. The minimum Gasteiger partial charge on any atom is -0.453 e. The predicted molar refractivity (Wildman–Crippen MR) is 51.9 cm³/mol. The molecule has 0 aliphatic rings. The van der Waals surface area contributed by atoms with E-state index in [4.69, 9.17) is 5.73 Å². The van der Waals surface area contributed by atoms with E-state index >= 15 is 0 Å². The minimum absolute atomic E-state index is 0.0693. The summed E-state index contributed by atoms with van der Waals surface area (Å²) in [6.07, 6.45) is -5.26. The number of alkyl halides is 3. The van der Waals surface area contributed by atoms with Crippen molar-refractivity contribution in [1.82, 2.24) is 0 Å². The molecule has 1 rings (SSSR count). The van der Waals surface area contributed by atoms with Crippen molar-refractivity contribution in [2.75, 3.05) is 18.2 Å². The highest BCUT2D eigenvalue weighted by Gasteiger charge is 2.30. The fourth-order valence-electron chi connectivity index (χ4n) is 1.01. The largest absolute Gasteiger partial charge is 0.453 e. The molecule has 0 heterocycles. The smallest absolute Gasteiger partial charge is 0.416 e. The molecule has 16 heavy (non-hydrogen) atoms. The third-order valence-electron chi connectivity index (χ3n) is 1.80. The molecule has 88 valence electrons. The molecular formula is C9H9F3N2O2. The maximum absolute atomic E-state index is 12.3. The summed E-state index contributed by atoms with van der Waals surface area (Å²) in [7, 11) is 1.13. The van der Waals surface area contributed by atoms with Gasteiger partial charge in [0.2, 0.25) is 0 Å². The van der Waals surface area contributed by atoms with Crippen LogP contribution in [0.1, 0.15) is 5.56 Å². The molecule has 1 aromatic carbocycles. The second-order valence-electron chi connectivity index (χ2n) is 2.92. The number of nitrogen functional groups attached to an aromatic ring is 1. The van der Waals surface area contributed by atoms with E-state index in [1.165, 1.54) is 0 Å². The van der Waals surface area contributed by atoms with E-state index in [1.807, 2.05) is 0 Å². The van der Waals surface area contributed by atoms with E-state index in [0.29, 0.717) is 0 Å². The summed E-state index contributed by atoms with van der Waals surface area (Å²) >= 11 is 0. The van der Waals surface area contributed by atoms with Crippen LogP contribution in [0.25, 0.3) is 0 Å². The van der Waals surface area contributed by atoms with Crippen LogP contribution in [0.2, 0.25) is 0 Å². The first-order valence-corrected chi connectivity index (χ1v) is 4.16. The molecule has 0 aliphatic heterocycles. The maximum atomic E-state index is 12.3. The van der Waals surface area contributed by atoms with Gasteiger partial charge in [0, 0.05) is 0 Å². The van der Waals surface area contributed by atoms with Gasteiger partial charge in [0.25, 0.3) is 0 Å². The SMILES string of the molecule is COC(=O)Nc1ccc(C(F)(F)F)cc1N. The fourth-order valence-corrected chi connectivity index (χ4v) is 1.01. The van der Waals surface area contributed by atoms with Gasteiger partial charge in [0.05, 0.1) is 24.0 Å². The van der Waals surface area contributed by atoms with Crippen LogP contribution < -0.4 is 11.1 Å². The van der Waals surface area contributed by atoms with E-state index in [0.717, 1.165) is 25.3 Å². The standard InChI is InChI=1S/C9H9F3N2O2/c1-16-8(15)14-7-3-2-5(4-6(7)13)9(10,11)12/h2-4H,13H2,1H3,(H,14,15). The zero-order chi connectivity index (χ0) is 12.3. The maximum Gasteiger partial charge on any atom is 0.416 e. The van der Waals surface area contributed by atoms with Crippen LogP contribution in [0.5, 0.6) is 0 Å². The van der Waals surface area contributed by atoms with Crippen molar-refractivity contribution in [3.63, 3.8) is 0 Å². The lowest BCUT2D eigenvalue weighted by atomic mass is 10.1. The molecular weight excluding hydrogens is 225 g/mol. The number of rotatable bonds is 1. The Balaban J connectivity index is 2.96. The first kappa shape index (κ1) is 12.2. The third kappa shape index (κ3) is 2.78. The Bertz CT molecular complexity index is 404. The van der Waals surface area contributed by atoms with Crippen LogP contribution in [0, 0.1) is 0 Å². The van der Waals surface area contributed by atoms with Gasteiger partial charge in [-0.25, -0.2) is 4.79 Å². The second-order valence-corrected chi connectivity index (χ2v) is 2.92. The molecule has 0 bridgehead atoms. The fraction of sp³-hybridized carbons (Fsp3) is 0.222. The average molecular weight is 234 g/mol. The summed E-state index contributed by atoms with van der Waals surface area (Å²) in [4.78, 5) is 10.8. The van der Waals surface area contributed by atoms with E-state index in [1.54, 1.807) is 0 Å². The molecule has 0 atom stereocenters. The van der Waals surface area contributed by atoms with Gasteiger partial charge in [-0.15, -0.1) is 0 Å². The molecule has 0 saturated carbocycles. The molecule has 0 unspecified atom stereocenters. The first-order chi connectivity index (χ1) is 7.34. The Morgan fingerprint density at radius 3 is 2.50 bits per heavy atom. The number of methoxy groups -OCH3 is 1. The summed E-state index contributed by atoms with van der Waals surface area (Å²) in [6.45, 7) is 0. The zero-order valence-corrected chi connectivity index (χ0v) is 8.26. The number of hydrogen-bond donors (Lipinski definition) is 2. The van der Waals surface area contributed by atoms with Crippen molar-refractivity contribution in [2.24, 2.45) is 0 Å². The normalized spacial score (nSPS) is 11.0. The van der Waals surface area contributed by atoms with Crippen molar-refractivity contribution < 1.29 is 22.7 Å². The molecule has 0 aliphatic carbocycles. The number of benzene rings is 1. The molecule has 0 radical (unpaired) electrons. The Morgan fingerprint density at radius 1 is 1.44 bits per heavy atom. The predicted octanol–water partition coefficient (Wildman–Crippen LogP) is 2.47. The molecule has 0 spiro atoms. The second kappa shape index (κ2) is 4.30. The van der Waals surface area contributed by atoms with Crippen molar-refractivity contribution in [3.8, 4) is 0 Å². The quantitative estimate of drug-likeness (QED) is 0.733. The lowest BCUT2D eigenvalue weighted by molar-refractivity contribution is -0.137. The average Bonchev–Trinajstić information content (AvgIpc) is 2.19. The van der Waals surface area contributed by atoms with E-state index in [9.17, 15) is 18.0 Å². The summed E-state index contributed by atoms with van der Waals surface area (Å²) in [5.41, 5.74) is 4.37. The number of carbonyl (C=O) groups excluding carboxylic acids is 1. The highest BCUT2D eigenvalue weighted by atomic mass is 19.4. The van der Waals surface area contributed by atoms with Gasteiger partial charge in [-0.1, -0.05) is 0 Å². The van der Waals surface area contributed by atoms with Gasteiger partial charge in [-0.05, 0) is 18.2 Å². The Hall–Kier alpha value is -1.92. The van der Waals surface area contributed by atoms with Crippen molar-refractivity contribution in [3.05, 3.63) is 23.8 Å². The first-order valence-electron chi connectivity index (χ1n) is 4.16. The highest BCUT2D eigenvalue weighted by molar-refractivity contribution is 5.88. The van der Waals surface area contributed by atoms with Gasteiger partial charge >= 0.3 is 12.3 Å². The summed E-state index contributed by atoms with van der Waals surface area (Å²) in [5, 5.41) is 2.19. The van der Waals surface area contributed by atoms with Crippen LogP contribution in [0.4, 0.5) is 29.3 Å². The molecule has 4 nitrogen and oxygen atoms in total. The van der Waals surface area contributed by atoms with Gasteiger partial charge in [-0.3, -0.25) is 5.32 Å². The number of carbonyl (C=O) groups is 1. The van der Waals surface area contributed by atoms with E-state index < -0.39 is 17.8 Å². The summed E-state index contributed by atoms with van der Waals surface area (Å²) < 4.78 is 41.1. The molecule has 7 heteroatoms. The van der Waals surface area contributed by atoms with Crippen LogP contribution in [-0.2, 0) is 10.9 Å². The number of nitrogens with two attached hydrogens (primary N) is 1. The Labute approximate surface area is 89.2 Å². The van der Waals surface area contributed by atoms with E-state index in [-0.39, 0.29) is 11.4 Å². The van der Waals surface area contributed by atoms with Crippen LogP contribution in [-0.4, -0.2) is 13.2 Å². The molecule has 0 saturated heterocycles. The van der Waals surface area contributed by atoms with Gasteiger partial charge < -0.3 is 10.5 Å². The lowest BCUT2D eigenvalue weighted by Crippen LogP contribution is -2.13. The van der Waals surface area contributed by atoms with Gasteiger partial charge in [0.15, 0.2) is 0 Å². The van der Waals surface area contributed by atoms with Crippen LogP contribution in [0.3, 0.4) is 0 Å². The molecule has 1 amide bonds. The number of hydrogen-bond acceptors (Lipinski definition) is 3. The molecule has 1 aromatic rings. The highest BCUT2D eigenvalue weighted by Crippen LogP contribution is 2.32. The molecule has 3 N–H and O–H groups in total. The number of amides is 1. The number of halogens is 3. The van der Waals surface area contributed by atoms with Crippen LogP contribution in [0.15, 0.2) is 18.2 Å². The summed E-state index contributed by atoms with van der Waals surface area (Å²) in [5.74, 6) is 0. The van der Waals surface area contributed by atoms with Crippen molar-refractivity contribution in [2.45, 2.75) is 6.18 Å². The van der Waals surface area contributed by atoms with Gasteiger partial charge in [-0.2, -0.15) is 13.2 Å². The molecule has 0 fully saturated rings. The number of anilines is 2. The monoisotopic (exact) mass is 234 g/mol. The lowest BCUT2D eigenvalue weighted by Gasteiger charge is -2.11. The van der Waals surface area contributed by atoms with E-state index in [2.05, 4.69) is 10.1 Å². The zero-order valence-electron chi connectivity index (χ0n) is 8.26. The number of ether oxygens (including phenoxy) is 1. The third-order valence-corrected chi connectivity index (χ3v) is 1.80. The van der Waals surface area contributed by atoms with Crippen molar-refractivity contribution in [1.29, 1.82) is 0 Å². The Kier molecular flexibility index (Phi) is 3.26. The number of nitrogens with one attached hydrogen (secondary N) is 1. The van der Waals surface area contributed by atoms with Crippen LogP contribution >= 0.6 is 0 Å². The minimum atomic E-state index is -4.46. The summed E-state index contributed by atoms with van der Waals surface area (Å²) in [6, 6.07) is 2.63. The topological polar surface area (TPSA) is 64.3 Å². The van der Waals surface area contributed by atoms with Crippen molar-refractivity contribution >= 4 is 17.5 Å². The van der Waals surface area contributed by atoms with Gasteiger partial charge in [0.1, 0.15) is 0 Å².